The van der Waals surface area contributed by atoms with Crippen molar-refractivity contribution in [2.75, 3.05) is 12.0 Å². The van der Waals surface area contributed by atoms with E-state index in [1.165, 1.54) is 13.2 Å². The fourth-order valence-electron chi connectivity index (χ4n) is 3.55. The molecule has 3 rings (SSSR count). The maximum Gasteiger partial charge on any atom is 0.337 e. The molecule has 0 unspecified atom stereocenters. The number of aromatic nitrogens is 1. The summed E-state index contributed by atoms with van der Waals surface area (Å²) in [5, 5.41) is 0.549. The molecule has 0 fully saturated rings. The molecule has 0 aliphatic heterocycles. The van der Waals surface area contributed by atoms with E-state index in [2.05, 4.69) is 18.7 Å². The predicted octanol–water partition coefficient (Wildman–Crippen LogP) is 5.60. The first-order chi connectivity index (χ1) is 15.3. The van der Waals surface area contributed by atoms with Gasteiger partial charge in [0.15, 0.2) is 0 Å². The molecule has 1 aromatic heterocycles. The second kappa shape index (κ2) is 10.7. The summed E-state index contributed by atoms with van der Waals surface area (Å²) in [5.74, 6) is -0.383. The van der Waals surface area contributed by atoms with Crippen molar-refractivity contribution >= 4 is 34.9 Å². The molecule has 0 saturated carbocycles. The van der Waals surface area contributed by atoms with Crippen LogP contribution in [0.3, 0.4) is 0 Å². The van der Waals surface area contributed by atoms with Gasteiger partial charge in [-0.2, -0.15) is 0 Å². The number of aryl methyl sites for hydroxylation is 1. The van der Waals surface area contributed by atoms with Crippen molar-refractivity contribution in [3.63, 3.8) is 0 Å². The molecule has 5 nitrogen and oxygen atoms in total. The van der Waals surface area contributed by atoms with E-state index in [1.54, 1.807) is 16.7 Å². The van der Waals surface area contributed by atoms with E-state index in [-0.39, 0.29) is 22.6 Å². The highest BCUT2D eigenvalue weighted by Gasteiger charge is 2.18. The zero-order valence-corrected chi connectivity index (χ0v) is 19.9. The first-order valence-electron chi connectivity index (χ1n) is 10.4. The van der Waals surface area contributed by atoms with Gasteiger partial charge in [-0.1, -0.05) is 53.5 Å². The fourth-order valence-corrected chi connectivity index (χ4v) is 4.09. The van der Waals surface area contributed by atoms with Crippen LogP contribution in [0.1, 0.15) is 35.5 Å². The predicted molar refractivity (Wildman–Crippen MR) is 130 cm³/mol. The monoisotopic (exact) mass is 472 g/mol. The molecule has 0 amide bonds. The van der Waals surface area contributed by atoms with Crippen LogP contribution >= 0.6 is 23.2 Å². The van der Waals surface area contributed by atoms with Gasteiger partial charge in [0.1, 0.15) is 5.02 Å². The highest BCUT2D eigenvalue weighted by molar-refractivity contribution is 6.34. The SMILES string of the molecule is COC(=O)c1ccc(CCn2c(CN(c3ccccc3)C(C)C)c(Cl)cc(Cl)c2=O)cc1. The lowest BCUT2D eigenvalue weighted by Crippen LogP contribution is -2.34. The Labute approximate surface area is 198 Å². The topological polar surface area (TPSA) is 51.5 Å². The van der Waals surface area contributed by atoms with Crippen molar-refractivity contribution in [1.82, 2.24) is 4.57 Å². The van der Waals surface area contributed by atoms with Gasteiger partial charge in [-0.25, -0.2) is 4.79 Å². The maximum absolute atomic E-state index is 12.9. The number of hydrogen-bond donors (Lipinski definition) is 0. The third-order valence-corrected chi connectivity index (χ3v) is 5.93. The van der Waals surface area contributed by atoms with Gasteiger partial charge in [0.25, 0.3) is 5.56 Å². The van der Waals surface area contributed by atoms with Gasteiger partial charge in [-0.15, -0.1) is 0 Å². The van der Waals surface area contributed by atoms with Crippen LogP contribution in [-0.4, -0.2) is 23.7 Å². The van der Waals surface area contributed by atoms with Crippen LogP contribution in [-0.2, 0) is 24.2 Å². The van der Waals surface area contributed by atoms with E-state index in [9.17, 15) is 9.59 Å². The van der Waals surface area contributed by atoms with Crippen LogP contribution in [0.5, 0.6) is 0 Å². The third-order valence-electron chi connectivity index (χ3n) is 5.33. The standard InChI is InChI=1S/C25H26Cl2N2O3/c1-17(2)29(20-7-5-4-6-8-20)16-23-21(26)15-22(27)24(30)28(23)14-13-18-9-11-19(12-10-18)25(31)32-3/h4-12,15,17H,13-14,16H2,1-3H3. The number of carbonyl (C=O) groups excluding carboxylic acids is 1. The molecule has 2 aromatic carbocycles. The Kier molecular flexibility index (Phi) is 7.99. The summed E-state index contributed by atoms with van der Waals surface area (Å²) in [6, 6.07) is 18.9. The highest BCUT2D eigenvalue weighted by atomic mass is 35.5. The van der Waals surface area contributed by atoms with E-state index in [0.717, 1.165) is 11.3 Å². The molecule has 0 N–H and O–H groups in total. The molecule has 0 saturated heterocycles. The van der Waals surface area contributed by atoms with Gasteiger partial charge in [0.2, 0.25) is 0 Å². The molecule has 32 heavy (non-hydrogen) atoms. The first kappa shape index (κ1) is 23.9. The molecular weight excluding hydrogens is 447 g/mol. The zero-order chi connectivity index (χ0) is 23.3. The number of halogens is 2. The van der Waals surface area contributed by atoms with E-state index in [4.69, 9.17) is 27.9 Å². The quantitative estimate of drug-likeness (QED) is 0.400. The Bertz CT molecular complexity index is 1130. The minimum Gasteiger partial charge on any atom is -0.465 e. The van der Waals surface area contributed by atoms with Crippen molar-refractivity contribution < 1.29 is 9.53 Å². The normalized spacial score (nSPS) is 10.9. The Hall–Kier alpha value is -2.76. The molecule has 0 aliphatic rings. The number of pyridine rings is 1. The lowest BCUT2D eigenvalue weighted by molar-refractivity contribution is 0.0600. The van der Waals surface area contributed by atoms with Crippen LogP contribution < -0.4 is 10.5 Å². The summed E-state index contributed by atoms with van der Waals surface area (Å²) in [6.07, 6.45) is 0.581. The number of carbonyl (C=O) groups is 1. The minimum absolute atomic E-state index is 0.0931. The number of benzene rings is 2. The van der Waals surface area contributed by atoms with Crippen LogP contribution in [0.2, 0.25) is 10.0 Å². The molecule has 3 aromatic rings. The van der Waals surface area contributed by atoms with Crippen molar-refractivity contribution in [2.24, 2.45) is 0 Å². The first-order valence-corrected chi connectivity index (χ1v) is 11.1. The molecule has 0 bridgehead atoms. The zero-order valence-electron chi connectivity index (χ0n) is 18.3. The van der Waals surface area contributed by atoms with Gasteiger partial charge in [-0.05, 0) is 56.2 Å². The fraction of sp³-hybridized carbons (Fsp3) is 0.280. The van der Waals surface area contributed by atoms with E-state index < -0.39 is 0 Å². The smallest absolute Gasteiger partial charge is 0.337 e. The number of anilines is 1. The van der Waals surface area contributed by atoms with Crippen LogP contribution in [0.15, 0.2) is 65.5 Å². The van der Waals surface area contributed by atoms with Gasteiger partial charge >= 0.3 is 5.97 Å². The van der Waals surface area contributed by atoms with Crippen molar-refractivity contribution in [1.29, 1.82) is 0 Å². The van der Waals surface area contributed by atoms with Gasteiger partial charge < -0.3 is 14.2 Å². The summed E-state index contributed by atoms with van der Waals surface area (Å²) in [5.41, 5.74) is 2.95. The van der Waals surface area contributed by atoms with Gasteiger partial charge in [0.05, 0.1) is 29.9 Å². The molecule has 0 spiro atoms. The van der Waals surface area contributed by atoms with E-state index >= 15 is 0 Å². The minimum atomic E-state index is -0.383. The van der Waals surface area contributed by atoms with Gasteiger partial charge in [-0.3, -0.25) is 4.79 Å². The van der Waals surface area contributed by atoms with Crippen molar-refractivity contribution in [2.45, 2.75) is 39.4 Å². The summed E-state index contributed by atoms with van der Waals surface area (Å²) >= 11 is 12.8. The molecular formula is C25H26Cl2N2O3. The van der Waals surface area contributed by atoms with Crippen molar-refractivity contribution in [3.8, 4) is 0 Å². The number of para-hydroxylation sites is 1. The lowest BCUT2D eigenvalue weighted by Gasteiger charge is -2.30. The summed E-state index contributed by atoms with van der Waals surface area (Å²) in [4.78, 5) is 26.8. The summed E-state index contributed by atoms with van der Waals surface area (Å²) in [7, 11) is 1.35. The van der Waals surface area contributed by atoms with E-state index in [0.29, 0.717) is 35.8 Å². The van der Waals surface area contributed by atoms with Crippen LogP contribution in [0, 0.1) is 0 Å². The molecule has 7 heteroatoms. The Balaban J connectivity index is 1.90. The van der Waals surface area contributed by atoms with E-state index in [1.807, 2.05) is 42.5 Å². The largest absolute Gasteiger partial charge is 0.465 e. The number of ether oxygens (including phenoxy) is 1. The molecule has 168 valence electrons. The molecule has 0 atom stereocenters. The number of esters is 1. The Morgan fingerprint density at radius 3 is 2.28 bits per heavy atom. The van der Waals surface area contributed by atoms with Gasteiger partial charge in [0, 0.05) is 18.3 Å². The highest BCUT2D eigenvalue weighted by Crippen LogP contribution is 2.25. The summed E-state index contributed by atoms with van der Waals surface area (Å²) < 4.78 is 6.39. The Morgan fingerprint density at radius 2 is 1.69 bits per heavy atom. The molecule has 0 aliphatic carbocycles. The number of methoxy groups -OCH3 is 1. The lowest BCUT2D eigenvalue weighted by atomic mass is 10.1. The molecule has 0 radical (unpaired) electrons. The second-order valence-electron chi connectivity index (χ2n) is 7.74. The number of nitrogens with zero attached hydrogens (tertiary/aromatic N) is 2. The Morgan fingerprint density at radius 1 is 1.03 bits per heavy atom. The number of rotatable bonds is 8. The number of hydrogen-bond acceptors (Lipinski definition) is 4. The molecule has 1 heterocycles. The second-order valence-corrected chi connectivity index (χ2v) is 8.55. The average Bonchev–Trinajstić information content (AvgIpc) is 2.80. The third kappa shape index (κ3) is 5.53. The van der Waals surface area contributed by atoms with Crippen LogP contribution in [0.25, 0.3) is 0 Å². The summed E-state index contributed by atoms with van der Waals surface area (Å²) in [6.45, 7) is 5.07. The average molecular weight is 473 g/mol. The maximum atomic E-state index is 12.9. The van der Waals surface area contributed by atoms with Crippen molar-refractivity contribution in [3.05, 3.63) is 97.9 Å². The van der Waals surface area contributed by atoms with Crippen LogP contribution in [0.4, 0.5) is 5.69 Å².